The van der Waals surface area contributed by atoms with Crippen LogP contribution in [-0.4, -0.2) is 55.9 Å². The van der Waals surface area contributed by atoms with Crippen molar-refractivity contribution in [2.75, 3.05) is 13.7 Å². The van der Waals surface area contributed by atoms with Gasteiger partial charge in [0.15, 0.2) is 20.6 Å². The smallest absolute Gasteiger partial charge is 0.338 e. The van der Waals surface area contributed by atoms with E-state index >= 15 is 0 Å². The number of ether oxygens (including phenoxy) is 3. The summed E-state index contributed by atoms with van der Waals surface area (Å²) in [5.74, 6) is -0.530. The van der Waals surface area contributed by atoms with Crippen LogP contribution in [0.1, 0.15) is 37.4 Å². The van der Waals surface area contributed by atoms with Crippen LogP contribution in [0.4, 0.5) is 0 Å². The van der Waals surface area contributed by atoms with Crippen LogP contribution in [0.2, 0.25) is 18.1 Å². The van der Waals surface area contributed by atoms with Crippen molar-refractivity contribution in [1.29, 1.82) is 0 Å². The summed E-state index contributed by atoms with van der Waals surface area (Å²) in [5.41, 5.74) is -0.775. The van der Waals surface area contributed by atoms with Crippen molar-refractivity contribution in [2.24, 2.45) is 0 Å². The van der Waals surface area contributed by atoms with Crippen molar-refractivity contribution in [2.45, 2.75) is 63.4 Å². The number of H-pyrrole nitrogens is 1. The van der Waals surface area contributed by atoms with Crippen molar-refractivity contribution in [1.82, 2.24) is 9.55 Å². The number of nitrogens with one attached hydrogen (secondary N) is 1. The Balaban J connectivity index is 1.92. The molecule has 1 aliphatic heterocycles. The molecule has 1 fully saturated rings. The standard InChI is InChI=1S/C23H32N2O7Si/c1-23(2,3)33(5,6)30-14-16-18(32-21(27)15-10-8-7-9-11-15)19(29-4)20(31-16)25-13-12-17(26)24-22(25)28/h7-13,16,18-20H,14H2,1-6H3,(H,24,26,28)/t16-,18?,19?,20-/m1/s1. The van der Waals surface area contributed by atoms with Crippen LogP contribution in [0.3, 0.4) is 0 Å². The number of hydrogen-bond donors (Lipinski definition) is 1. The number of benzene rings is 1. The molecule has 4 atom stereocenters. The lowest BCUT2D eigenvalue weighted by Gasteiger charge is -2.37. The summed E-state index contributed by atoms with van der Waals surface area (Å²) in [6.45, 7) is 10.8. The number of esters is 1. The number of methoxy groups -OCH3 is 1. The highest BCUT2D eigenvalue weighted by Gasteiger charge is 2.50. The van der Waals surface area contributed by atoms with E-state index in [1.54, 1.807) is 24.3 Å². The van der Waals surface area contributed by atoms with Gasteiger partial charge in [0, 0.05) is 19.4 Å². The molecule has 1 aliphatic rings. The van der Waals surface area contributed by atoms with E-state index in [1.165, 1.54) is 23.9 Å². The molecule has 0 spiro atoms. The Kier molecular flexibility index (Phi) is 7.42. The summed E-state index contributed by atoms with van der Waals surface area (Å²) in [5, 5.41) is -0.0300. The molecule has 10 heteroatoms. The van der Waals surface area contributed by atoms with Gasteiger partial charge in [-0.1, -0.05) is 39.0 Å². The summed E-state index contributed by atoms with van der Waals surface area (Å²) >= 11 is 0. The predicted octanol–water partition coefficient (Wildman–Crippen LogP) is 2.70. The number of carbonyl (C=O) groups excluding carboxylic acids is 1. The number of hydrogen-bond acceptors (Lipinski definition) is 7. The Bertz CT molecular complexity index is 1070. The molecule has 1 saturated heterocycles. The van der Waals surface area contributed by atoms with E-state index in [1.807, 2.05) is 6.07 Å². The first-order valence-corrected chi connectivity index (χ1v) is 13.7. The van der Waals surface area contributed by atoms with E-state index in [9.17, 15) is 14.4 Å². The van der Waals surface area contributed by atoms with Crippen molar-refractivity contribution in [3.63, 3.8) is 0 Å². The summed E-state index contributed by atoms with van der Waals surface area (Å²) in [4.78, 5) is 39.0. The molecule has 1 N–H and O–H groups in total. The molecule has 1 aromatic heterocycles. The molecule has 0 bridgehead atoms. The van der Waals surface area contributed by atoms with Gasteiger partial charge in [0.1, 0.15) is 12.2 Å². The van der Waals surface area contributed by atoms with E-state index in [2.05, 4.69) is 38.8 Å². The average molecular weight is 477 g/mol. The first-order valence-electron chi connectivity index (χ1n) is 10.8. The molecule has 9 nitrogen and oxygen atoms in total. The molecule has 0 saturated carbocycles. The number of carbonyl (C=O) groups is 1. The Morgan fingerprint density at radius 1 is 1.12 bits per heavy atom. The largest absolute Gasteiger partial charge is 0.453 e. The molecule has 0 radical (unpaired) electrons. The number of rotatable bonds is 7. The maximum Gasteiger partial charge on any atom is 0.338 e. The molecule has 2 aromatic rings. The second kappa shape index (κ2) is 9.76. The Labute approximate surface area is 193 Å². The summed E-state index contributed by atoms with van der Waals surface area (Å²) in [7, 11) is -0.679. The topological polar surface area (TPSA) is 109 Å². The van der Waals surface area contributed by atoms with E-state index in [4.69, 9.17) is 18.6 Å². The third kappa shape index (κ3) is 5.52. The van der Waals surface area contributed by atoms with Gasteiger partial charge in [-0.2, -0.15) is 0 Å². The zero-order chi connectivity index (χ0) is 24.4. The molecule has 3 rings (SSSR count). The first kappa shape index (κ1) is 25.1. The predicted molar refractivity (Wildman–Crippen MR) is 125 cm³/mol. The van der Waals surface area contributed by atoms with Crippen LogP contribution in [0.5, 0.6) is 0 Å². The van der Waals surface area contributed by atoms with Gasteiger partial charge < -0.3 is 18.6 Å². The highest BCUT2D eigenvalue weighted by molar-refractivity contribution is 6.74. The van der Waals surface area contributed by atoms with Crippen LogP contribution < -0.4 is 11.2 Å². The lowest BCUT2D eigenvalue weighted by molar-refractivity contribution is -0.0613. The highest BCUT2D eigenvalue weighted by Crippen LogP contribution is 2.38. The van der Waals surface area contributed by atoms with Crippen LogP contribution in [-0.2, 0) is 18.6 Å². The SMILES string of the molecule is COC1C(OC(=O)c2ccccc2)[C@@H](CO[Si](C)(C)C(C)(C)C)O[C@H]1n1ccc(=O)[nH]c1=O. The molecule has 0 aliphatic carbocycles. The normalized spacial score (nSPS) is 23.5. The van der Waals surface area contributed by atoms with E-state index < -0.39 is 50.1 Å². The molecular formula is C23H32N2O7Si. The minimum atomic E-state index is -2.14. The molecular weight excluding hydrogens is 444 g/mol. The summed E-state index contributed by atoms with van der Waals surface area (Å²) in [6.07, 6.45) is -1.89. The van der Waals surface area contributed by atoms with Gasteiger partial charge in [-0.25, -0.2) is 9.59 Å². The van der Waals surface area contributed by atoms with Crippen LogP contribution in [0.15, 0.2) is 52.2 Å². The van der Waals surface area contributed by atoms with Crippen molar-refractivity contribution >= 4 is 14.3 Å². The molecule has 1 aromatic carbocycles. The van der Waals surface area contributed by atoms with E-state index in [0.717, 1.165) is 0 Å². The summed E-state index contributed by atoms with van der Waals surface area (Å²) < 4.78 is 25.2. The third-order valence-electron chi connectivity index (χ3n) is 6.35. The van der Waals surface area contributed by atoms with Gasteiger partial charge in [0.2, 0.25) is 0 Å². The minimum absolute atomic E-state index is 0.0300. The lowest BCUT2D eigenvalue weighted by Crippen LogP contribution is -2.45. The monoisotopic (exact) mass is 476 g/mol. The maximum absolute atomic E-state index is 12.8. The van der Waals surface area contributed by atoms with Crippen molar-refractivity contribution < 1.29 is 23.4 Å². The van der Waals surface area contributed by atoms with Gasteiger partial charge in [-0.05, 0) is 30.3 Å². The quantitative estimate of drug-likeness (QED) is 0.483. The molecule has 33 heavy (non-hydrogen) atoms. The Morgan fingerprint density at radius 2 is 1.79 bits per heavy atom. The zero-order valence-electron chi connectivity index (χ0n) is 19.9. The van der Waals surface area contributed by atoms with Crippen LogP contribution in [0.25, 0.3) is 0 Å². The fourth-order valence-electron chi connectivity index (χ4n) is 3.36. The molecule has 180 valence electrons. The van der Waals surface area contributed by atoms with Crippen LogP contribution >= 0.6 is 0 Å². The third-order valence-corrected chi connectivity index (χ3v) is 10.9. The van der Waals surface area contributed by atoms with Gasteiger partial charge in [0.25, 0.3) is 5.56 Å². The number of aromatic amines is 1. The average Bonchev–Trinajstić information content (AvgIpc) is 3.09. The molecule has 2 heterocycles. The Morgan fingerprint density at radius 3 is 2.36 bits per heavy atom. The number of aromatic nitrogens is 2. The molecule has 2 unspecified atom stereocenters. The van der Waals surface area contributed by atoms with Gasteiger partial charge in [0.05, 0.1) is 12.2 Å². The number of nitrogens with zero attached hydrogens (tertiary/aromatic N) is 1. The second-order valence-corrected chi connectivity index (χ2v) is 14.4. The van der Waals surface area contributed by atoms with Crippen molar-refractivity contribution in [3.8, 4) is 0 Å². The fourth-order valence-corrected chi connectivity index (χ4v) is 4.37. The second-order valence-electron chi connectivity index (χ2n) is 9.59. The van der Waals surface area contributed by atoms with Crippen LogP contribution in [0, 0.1) is 0 Å². The minimum Gasteiger partial charge on any atom is -0.453 e. The van der Waals surface area contributed by atoms with Crippen molar-refractivity contribution in [3.05, 3.63) is 69.0 Å². The van der Waals surface area contributed by atoms with Gasteiger partial charge in [-0.3, -0.25) is 14.3 Å². The van der Waals surface area contributed by atoms with Gasteiger partial charge >= 0.3 is 11.7 Å². The lowest BCUT2D eigenvalue weighted by atomic mass is 10.1. The Hall–Kier alpha value is -2.53. The molecule has 0 amide bonds. The van der Waals surface area contributed by atoms with E-state index in [0.29, 0.717) is 5.56 Å². The fraction of sp³-hybridized carbons (Fsp3) is 0.522. The summed E-state index contributed by atoms with van der Waals surface area (Å²) in [6, 6.07) is 9.84. The van der Waals surface area contributed by atoms with Gasteiger partial charge in [-0.15, -0.1) is 0 Å². The first-order chi connectivity index (χ1) is 15.4. The zero-order valence-corrected chi connectivity index (χ0v) is 20.9. The van der Waals surface area contributed by atoms with E-state index in [-0.39, 0.29) is 11.6 Å². The highest BCUT2D eigenvalue weighted by atomic mass is 28.4. The maximum atomic E-state index is 12.8.